The number of alkyl halides is 4. The van der Waals surface area contributed by atoms with Crippen molar-refractivity contribution in [2.45, 2.75) is 246 Å². The number of ether oxygens (including phenoxy) is 7. The molecule has 10 unspecified atom stereocenters. The number of benzene rings is 3. The lowest BCUT2D eigenvalue weighted by Gasteiger charge is -2.13. The minimum Gasteiger partial charge on any atom is -1.00 e. The lowest BCUT2D eigenvalue weighted by Crippen LogP contribution is -3.00. The molecule has 0 saturated carbocycles. The van der Waals surface area contributed by atoms with Crippen molar-refractivity contribution in [1.29, 1.82) is 0 Å². The molecule has 784 valence electrons. The molecule has 0 aliphatic carbocycles. The monoisotopic (exact) mass is 2530 g/mol. The fourth-order valence-electron chi connectivity index (χ4n) is 10.7. The number of rotatable bonds is 52. The second kappa shape index (κ2) is 94.4. The van der Waals surface area contributed by atoms with Crippen molar-refractivity contribution in [1.82, 2.24) is 15.0 Å². The molecule has 0 spiro atoms. The van der Waals surface area contributed by atoms with Gasteiger partial charge in [-0.3, -0.25) is 19.2 Å². The van der Waals surface area contributed by atoms with Crippen LogP contribution >= 0.6 is 90.3 Å². The third kappa shape index (κ3) is 86.7. The molecule has 6 aromatic rings. The first kappa shape index (κ1) is 145. The highest BCUT2D eigenvalue weighted by atomic mass is 127. The predicted octanol–water partition coefficient (Wildman–Crippen LogP) is 1.03. The summed E-state index contributed by atoms with van der Waals surface area (Å²) in [6.07, 6.45) is 6.95. The van der Waals surface area contributed by atoms with Crippen molar-refractivity contribution in [3.63, 3.8) is 0 Å². The van der Waals surface area contributed by atoms with Crippen LogP contribution in [0, 0.1) is 41.5 Å². The highest BCUT2D eigenvalue weighted by Gasteiger charge is 2.21. The Bertz CT molecular complexity index is 3970. The fourth-order valence-corrected chi connectivity index (χ4v) is 21.0. The maximum atomic E-state index is 11.7. The van der Waals surface area contributed by atoms with E-state index in [2.05, 4.69) is 127 Å². The van der Waals surface area contributed by atoms with Crippen LogP contribution in [0.15, 0.2) is 106 Å². The Kier molecular flexibility index (Phi) is 101. The van der Waals surface area contributed by atoms with Crippen LogP contribution in [0.5, 0.6) is 0 Å². The molecule has 0 fully saturated rings. The van der Waals surface area contributed by atoms with E-state index in [1.54, 1.807) is 11.8 Å². The second-order valence-corrected chi connectivity index (χ2v) is 57.5. The van der Waals surface area contributed by atoms with Crippen molar-refractivity contribution in [2.24, 2.45) is 21.1 Å². The van der Waals surface area contributed by atoms with E-state index in [9.17, 15) is 43.2 Å². The lowest BCUT2D eigenvalue weighted by molar-refractivity contribution is -0.719. The Labute approximate surface area is 905 Å². The molecule has 0 amide bonds. The highest BCUT2D eigenvalue weighted by Crippen LogP contribution is 2.22. The molecule has 3 heterocycles. The summed E-state index contributed by atoms with van der Waals surface area (Å²) >= 11 is 21.8. The van der Waals surface area contributed by atoms with Gasteiger partial charge in [0.25, 0.3) is 0 Å². The van der Waals surface area contributed by atoms with E-state index in [1.165, 1.54) is 51.5 Å². The quantitative estimate of drug-likeness (QED) is 0.00292. The van der Waals surface area contributed by atoms with Crippen LogP contribution in [0.4, 0.5) is 0 Å². The van der Waals surface area contributed by atoms with Crippen molar-refractivity contribution in [3.05, 3.63) is 159 Å². The number of nitrogens with zero attached hydrogens (tertiary/aromatic N) is 6. The van der Waals surface area contributed by atoms with E-state index in [-0.39, 0.29) is 124 Å². The topological polar surface area (TPSA) is 406 Å². The number of aliphatic hydroxyl groups excluding tert-OH is 2. The van der Waals surface area contributed by atoms with Gasteiger partial charge in [0, 0.05) is 82.9 Å². The van der Waals surface area contributed by atoms with E-state index in [0.29, 0.717) is 76.8 Å². The number of aromatic nitrogens is 6. The summed E-state index contributed by atoms with van der Waals surface area (Å²) in [6, 6.07) is 38.3. The van der Waals surface area contributed by atoms with Crippen molar-refractivity contribution < 1.29 is 177 Å². The number of halogens is 7. The molecule has 3 aromatic heterocycles. The van der Waals surface area contributed by atoms with E-state index < -0.39 is 81.4 Å². The van der Waals surface area contributed by atoms with Crippen LogP contribution in [-0.4, -0.2) is 275 Å². The summed E-state index contributed by atoms with van der Waals surface area (Å²) in [5, 5.41) is 19.7. The molecule has 28 nitrogen and oxygen atoms in total. The zero-order chi connectivity index (χ0) is 101. The first-order valence-electron chi connectivity index (χ1n) is 45.6. The largest absolute Gasteiger partial charge is 1.00 e. The van der Waals surface area contributed by atoms with E-state index >= 15 is 0 Å². The average Bonchev–Trinajstić information content (AvgIpc) is 0.855. The van der Waals surface area contributed by atoms with Gasteiger partial charge in [0.2, 0.25) is 0 Å². The molecule has 0 aliphatic rings. The van der Waals surface area contributed by atoms with Crippen LogP contribution in [0.25, 0.3) is 0 Å². The van der Waals surface area contributed by atoms with Crippen LogP contribution in [0.3, 0.4) is 0 Å². The maximum Gasteiger partial charge on any atom is 0.359 e. The maximum absolute atomic E-state index is 11.7. The molecule has 136 heavy (non-hydrogen) atoms. The van der Waals surface area contributed by atoms with Gasteiger partial charge in [-0.15, -0.1) is 23.2 Å². The average molecular weight is 2540 g/mol. The molecule has 0 bridgehead atoms. The number of aryl methyl sites for hydroxylation is 8. The minimum atomic E-state index is -1.55. The minimum absolute atomic E-state index is 0. The number of aliphatic hydroxyl groups is 2. The summed E-state index contributed by atoms with van der Waals surface area (Å²) in [7, 11) is -7.03. The van der Waals surface area contributed by atoms with Gasteiger partial charge in [-0.25, -0.2) is 13.7 Å². The smallest absolute Gasteiger partial charge is 0.359 e. The standard InChI is InChI=1S/C17H25N2OSSi.C15H27N2O4SSi.C13H23N2O3SSi.2C10H15ClOSi.C8H17BrO4Si.C6H13BrO3Si.C6H16O3Si.C4H12O2Si.2BrH.HI/c1-13-11-14(2)19(3)17(18-13)21-12-16-7-5-15(6-8-16)9-10-22(4)20;1-12-10-13(2)17(3)15(16-12)22-11-14(18)21-8-7-20-6-5-9-23(4)19;1-10-8-11(2)15(3)13(14-10)19-9-12(16)18-6-5-7-20(4)17;1-8(13(2)12)10-5-3-9(7-11)4-6-10;1-13(12)7-6-9-2-4-10(8-11)5-3-9;1-14(11)6-2-3-12-4-5-13-8(10)7-9;1-11(9)4-2-3-10-6(8)5-7;1-10(8)6-2-4-9-5-3-7;1-7(6)4-2-3-5;;;/h5-8,11,20,22H,9-10,12H2,1-4H3;10,19,23H,5-9,11H2,1-4H3;8,17,20H,5-7,9H2,1-4H3;3-6,8,12-13H,7H2,1-2H3;2-5,12-13H,6-8H2,1H3;11,14H,2-7H2,1H3;9,11H,2-5H2,1H3;7-8,10H,2-6H2,1H3;5-7H,2-4H2,1H3;3*1H/q3*+1;;;;;;;;;/p-3. The van der Waals surface area contributed by atoms with Gasteiger partial charge in [-0.1, -0.05) is 112 Å². The highest BCUT2D eigenvalue weighted by molar-refractivity contribution is 9.09. The summed E-state index contributed by atoms with van der Waals surface area (Å²) in [5.41, 5.74) is 14.1. The third-order valence-corrected chi connectivity index (χ3v) is 35.0. The summed E-state index contributed by atoms with van der Waals surface area (Å²) in [5.74, 6) is 1.54. The van der Waals surface area contributed by atoms with E-state index in [4.69, 9.17) is 85.8 Å². The predicted molar refractivity (Wildman–Crippen MR) is 571 cm³/mol. The summed E-state index contributed by atoms with van der Waals surface area (Å²) in [4.78, 5) is 140. The van der Waals surface area contributed by atoms with Crippen LogP contribution in [0.1, 0.15) is 119 Å². The van der Waals surface area contributed by atoms with Gasteiger partial charge in [0.1, 0.15) is 52.5 Å². The zero-order valence-corrected chi connectivity index (χ0v) is 107. The number of carbonyl (C=O) groups is 4. The molecule has 0 radical (unpaired) electrons. The number of hydrogen-bond acceptors (Lipinski definition) is 28. The Balaban J connectivity index is -0.000000355. The first-order valence-corrected chi connectivity index (χ1v) is 74.1. The van der Waals surface area contributed by atoms with Gasteiger partial charge in [0.15, 0.2) is 98.4 Å². The Morgan fingerprint density at radius 3 is 0.941 bits per heavy atom. The fraction of sp³-hybridized carbons (Fsp3) is 0.618. The van der Waals surface area contributed by atoms with Crippen LogP contribution in [0.2, 0.25) is 107 Å². The Morgan fingerprint density at radius 2 is 0.647 bits per heavy atom. The van der Waals surface area contributed by atoms with Gasteiger partial charge in [-0.05, 0) is 269 Å². The van der Waals surface area contributed by atoms with Crippen LogP contribution in [-0.2, 0) is 104 Å². The number of carbonyl (C=O) groups excluding carboxylic acids is 4. The molecule has 11 N–H and O–H groups in total. The normalized spacial score (nSPS) is 12.6. The zero-order valence-electron chi connectivity index (χ0n) is 83.6. The Hall–Kier alpha value is -1.55. The van der Waals surface area contributed by atoms with E-state index in [1.807, 2.05) is 153 Å². The third-order valence-electron chi connectivity index (χ3n) is 18.8. The van der Waals surface area contributed by atoms with Gasteiger partial charge < -0.3 is 144 Å². The second-order valence-electron chi connectivity index (χ2n) is 32.3. The molecule has 6 rings (SSSR count). The van der Waals surface area contributed by atoms with E-state index in [0.717, 1.165) is 161 Å². The van der Waals surface area contributed by atoms with Crippen LogP contribution < -0.4 is 71.6 Å². The van der Waals surface area contributed by atoms with Gasteiger partial charge in [-0.2, -0.15) is 0 Å². The molecular formula is C89H163Br4Cl2IN6O22S3Si9. The summed E-state index contributed by atoms with van der Waals surface area (Å²) in [6.45, 7) is 36.1. The van der Waals surface area contributed by atoms with Crippen molar-refractivity contribution >= 4 is 196 Å². The SMILES string of the molecule is CC(c1ccc(CCl)cc1)[SiH](C)O.C[SiH](O)CCCO.C[SiH](O)CCCOC(=O)CBr.C[SiH](O)CCCOCCO.C[SiH](O)CCCOCCOC(=O)CBr.C[SiH](O)CCc1ccc(CCl)cc1.Cc1cc(C)[n+](C)c(SCC(=O)OCCC[SiH](C)O)n1.Cc1cc(C)[n+](C)c(SCC(=O)OCCOCCC[SiH](C)O)n1.Cc1cc(C)[n+](C)c(SCc2ccc(CC[SiH](C)O)cc2)n1.[Br-].[Br-].[I-]. The molecule has 47 heteroatoms. The van der Waals surface area contributed by atoms with Crippen molar-refractivity contribution in [3.8, 4) is 0 Å². The summed E-state index contributed by atoms with van der Waals surface area (Å²) < 4.78 is 41.4. The molecule has 3 aromatic carbocycles. The Morgan fingerprint density at radius 1 is 0.375 bits per heavy atom. The number of thioether (sulfide) groups is 3. The molecule has 0 aliphatic heterocycles. The molecule has 10 atom stereocenters. The van der Waals surface area contributed by atoms with Gasteiger partial charge >= 0.3 is 39.3 Å². The number of hydrogen-bond donors (Lipinski definition) is 11. The molecular weight excluding hydrogens is 2370 g/mol. The lowest BCUT2D eigenvalue weighted by atomic mass is 10.1. The molecule has 0 saturated heterocycles. The first-order chi connectivity index (χ1) is 63.0. The van der Waals surface area contributed by atoms with Crippen molar-refractivity contribution in [2.75, 3.05) is 101 Å². The number of esters is 4. The van der Waals surface area contributed by atoms with Gasteiger partial charge in [0.05, 0.1) is 60.8 Å².